The minimum Gasteiger partial charge on any atom is -0.456 e. The van der Waals surface area contributed by atoms with Crippen LogP contribution in [-0.2, 0) is 0 Å². The van der Waals surface area contributed by atoms with E-state index in [0.717, 1.165) is 39.0 Å². The van der Waals surface area contributed by atoms with Crippen molar-refractivity contribution in [2.75, 3.05) is 4.90 Å². The Balaban J connectivity index is 1.12. The van der Waals surface area contributed by atoms with Gasteiger partial charge in [-0.05, 0) is 93.5 Å². The molecule has 57 heavy (non-hydrogen) atoms. The van der Waals surface area contributed by atoms with E-state index in [1.165, 1.54) is 64.7 Å². The Morgan fingerprint density at radius 3 is 1.60 bits per heavy atom. The molecule has 0 atom stereocenters. The molecule has 0 saturated heterocycles. The van der Waals surface area contributed by atoms with Gasteiger partial charge in [0.05, 0.1) is 0 Å². The monoisotopic (exact) mass is 745 g/mol. The third kappa shape index (κ3) is 5.80. The molecule has 2 nitrogen and oxygen atoms in total. The summed E-state index contributed by atoms with van der Waals surface area (Å²) in [6.07, 6.45) is 0. The lowest BCUT2D eigenvalue weighted by atomic mass is 9.92. The van der Waals surface area contributed by atoms with Crippen molar-refractivity contribution in [3.63, 3.8) is 0 Å². The van der Waals surface area contributed by atoms with E-state index in [0.29, 0.717) is 0 Å². The van der Waals surface area contributed by atoms with Gasteiger partial charge in [0.1, 0.15) is 11.2 Å². The Bertz CT molecular complexity index is 3230. The number of hydrogen-bond donors (Lipinski definition) is 0. The summed E-state index contributed by atoms with van der Waals surface area (Å²) in [5, 5.41) is 4.79. The molecule has 11 rings (SSSR count). The van der Waals surface area contributed by atoms with Crippen LogP contribution in [0.4, 0.5) is 17.1 Å². The minimum absolute atomic E-state index is 0.879. The summed E-state index contributed by atoms with van der Waals surface area (Å²) in [5.74, 6) is 0. The van der Waals surface area contributed by atoms with Gasteiger partial charge in [-0.3, -0.25) is 0 Å². The summed E-state index contributed by atoms with van der Waals surface area (Å²) in [7, 11) is 0. The van der Waals surface area contributed by atoms with Crippen LogP contribution in [0.3, 0.4) is 0 Å². The predicted molar refractivity (Wildman–Crippen MR) is 243 cm³/mol. The van der Waals surface area contributed by atoms with Crippen molar-refractivity contribution in [1.82, 2.24) is 0 Å². The third-order valence-corrected chi connectivity index (χ3v) is 12.3. The first-order valence-corrected chi connectivity index (χ1v) is 20.1. The van der Waals surface area contributed by atoms with Gasteiger partial charge in [-0.1, -0.05) is 158 Å². The molecule has 0 saturated carbocycles. The highest BCUT2D eigenvalue weighted by molar-refractivity contribution is 7.26. The van der Waals surface area contributed by atoms with Crippen LogP contribution in [-0.4, -0.2) is 0 Å². The fraction of sp³-hybridized carbons (Fsp3) is 0. The highest BCUT2D eigenvalue weighted by atomic mass is 32.1. The molecule has 0 aliphatic heterocycles. The molecule has 2 heterocycles. The number of rotatable bonds is 7. The van der Waals surface area contributed by atoms with Crippen molar-refractivity contribution in [1.29, 1.82) is 0 Å². The maximum absolute atomic E-state index is 6.30. The number of benzene rings is 9. The molecule has 0 amide bonds. The van der Waals surface area contributed by atoms with Gasteiger partial charge in [-0.15, -0.1) is 11.3 Å². The van der Waals surface area contributed by atoms with Crippen LogP contribution in [0, 0.1) is 0 Å². The molecule has 0 unspecified atom stereocenters. The maximum Gasteiger partial charge on any atom is 0.135 e. The Kier molecular flexibility index (Phi) is 8.04. The smallest absolute Gasteiger partial charge is 0.135 e. The van der Waals surface area contributed by atoms with Crippen LogP contribution < -0.4 is 4.90 Å². The van der Waals surface area contributed by atoms with Crippen LogP contribution in [0.1, 0.15) is 0 Å². The van der Waals surface area contributed by atoms with Crippen molar-refractivity contribution < 1.29 is 4.42 Å². The summed E-state index contributed by atoms with van der Waals surface area (Å²) in [6.45, 7) is 0. The molecule has 268 valence electrons. The van der Waals surface area contributed by atoms with Crippen LogP contribution in [0.5, 0.6) is 0 Å². The maximum atomic E-state index is 6.30. The third-order valence-electron chi connectivity index (χ3n) is 11.1. The minimum atomic E-state index is 0.879. The Labute approximate surface area is 335 Å². The zero-order valence-corrected chi connectivity index (χ0v) is 31.8. The molecule has 0 fully saturated rings. The molecule has 0 bridgehead atoms. The van der Waals surface area contributed by atoms with Gasteiger partial charge in [-0.25, -0.2) is 0 Å². The second kappa shape index (κ2) is 13.8. The van der Waals surface area contributed by atoms with Crippen molar-refractivity contribution in [3.05, 3.63) is 212 Å². The Morgan fingerprint density at radius 2 is 0.842 bits per heavy atom. The SMILES string of the molecule is c1ccc(-c2ccccc2-c2ccc(N(c3ccc(-c4ccccc4)c(-c4cccc5c4sc4ccccc45)c3)c3ccc4oc5ccccc5c4c3)cc2)cc1. The molecule has 0 N–H and O–H groups in total. The zero-order chi connectivity index (χ0) is 37.7. The second-order valence-corrected chi connectivity index (χ2v) is 15.5. The van der Waals surface area contributed by atoms with E-state index in [1.807, 2.05) is 23.5 Å². The van der Waals surface area contributed by atoms with Gasteiger partial charge in [0.2, 0.25) is 0 Å². The lowest BCUT2D eigenvalue weighted by Crippen LogP contribution is -2.10. The number of para-hydroxylation sites is 1. The Hall–Kier alpha value is -7.20. The van der Waals surface area contributed by atoms with Gasteiger partial charge in [0, 0.05) is 53.6 Å². The summed E-state index contributed by atoms with van der Waals surface area (Å²) >= 11 is 1.87. The molecule has 0 radical (unpaired) electrons. The van der Waals surface area contributed by atoms with Gasteiger partial charge >= 0.3 is 0 Å². The van der Waals surface area contributed by atoms with E-state index in [9.17, 15) is 0 Å². The summed E-state index contributed by atoms with van der Waals surface area (Å²) in [6, 6.07) is 76.4. The van der Waals surface area contributed by atoms with Gasteiger partial charge in [0.25, 0.3) is 0 Å². The average molecular weight is 746 g/mol. The quantitative estimate of drug-likeness (QED) is 0.162. The largest absolute Gasteiger partial charge is 0.456 e. The molecule has 3 heteroatoms. The predicted octanol–water partition coefficient (Wildman–Crippen LogP) is 16.1. The zero-order valence-electron chi connectivity index (χ0n) is 31.0. The van der Waals surface area contributed by atoms with Gasteiger partial charge < -0.3 is 9.32 Å². The first kappa shape index (κ1) is 33.2. The summed E-state index contributed by atoms with van der Waals surface area (Å²) < 4.78 is 8.90. The number of hydrogen-bond acceptors (Lipinski definition) is 3. The number of fused-ring (bicyclic) bond motifs is 6. The van der Waals surface area contributed by atoms with Crippen molar-refractivity contribution >= 4 is 70.5 Å². The van der Waals surface area contributed by atoms with Gasteiger partial charge in [-0.2, -0.15) is 0 Å². The van der Waals surface area contributed by atoms with Crippen LogP contribution in [0.25, 0.3) is 86.6 Å². The molecule has 9 aromatic carbocycles. The van der Waals surface area contributed by atoms with E-state index in [1.54, 1.807) is 0 Å². The molecular weight excluding hydrogens is 711 g/mol. The topological polar surface area (TPSA) is 16.4 Å². The molecule has 0 aliphatic carbocycles. The summed E-state index contributed by atoms with van der Waals surface area (Å²) in [4.78, 5) is 2.39. The highest BCUT2D eigenvalue weighted by Crippen LogP contribution is 2.46. The van der Waals surface area contributed by atoms with E-state index in [4.69, 9.17) is 4.42 Å². The Morgan fingerprint density at radius 1 is 0.316 bits per heavy atom. The normalized spacial score (nSPS) is 11.5. The number of anilines is 3. The fourth-order valence-electron chi connectivity index (χ4n) is 8.42. The van der Waals surface area contributed by atoms with E-state index < -0.39 is 0 Å². The first-order valence-electron chi connectivity index (χ1n) is 19.3. The standard InChI is InChI=1S/C54H35NOS/c1-3-14-36(15-4-1)42-18-7-8-19-43(42)38-26-28-39(29-27-38)55(41-31-33-52-50(35-41)45-20-9-11-24-51(45)56-52)40-30-32-44(37-16-5-2-6-17-37)49(34-40)48-23-13-22-47-46-21-10-12-25-53(46)57-54(47)48/h1-35H. The second-order valence-electron chi connectivity index (χ2n) is 14.4. The summed E-state index contributed by atoms with van der Waals surface area (Å²) in [5.41, 5.74) is 14.6. The van der Waals surface area contributed by atoms with Crippen LogP contribution >= 0.6 is 11.3 Å². The number of furan rings is 1. The highest BCUT2D eigenvalue weighted by Gasteiger charge is 2.20. The van der Waals surface area contributed by atoms with E-state index >= 15 is 0 Å². The van der Waals surface area contributed by atoms with Crippen LogP contribution in [0.2, 0.25) is 0 Å². The lowest BCUT2D eigenvalue weighted by Gasteiger charge is -2.27. The van der Waals surface area contributed by atoms with Crippen molar-refractivity contribution in [3.8, 4) is 44.5 Å². The van der Waals surface area contributed by atoms with Crippen molar-refractivity contribution in [2.45, 2.75) is 0 Å². The molecule has 2 aromatic heterocycles. The fourth-order valence-corrected chi connectivity index (χ4v) is 9.65. The van der Waals surface area contributed by atoms with Crippen LogP contribution in [0.15, 0.2) is 217 Å². The molecular formula is C54H35NOS. The average Bonchev–Trinajstić information content (AvgIpc) is 3.86. The number of thiophene rings is 1. The van der Waals surface area contributed by atoms with E-state index in [2.05, 4.69) is 205 Å². The van der Waals surface area contributed by atoms with E-state index in [-0.39, 0.29) is 0 Å². The first-order chi connectivity index (χ1) is 28.3. The van der Waals surface area contributed by atoms with Gasteiger partial charge in [0.15, 0.2) is 0 Å². The molecule has 0 spiro atoms. The van der Waals surface area contributed by atoms with Crippen molar-refractivity contribution in [2.24, 2.45) is 0 Å². The lowest BCUT2D eigenvalue weighted by molar-refractivity contribution is 0.669. The molecule has 11 aromatic rings. The number of nitrogens with zero attached hydrogens (tertiary/aromatic N) is 1. The molecule has 0 aliphatic rings.